The van der Waals surface area contributed by atoms with Crippen molar-refractivity contribution in [1.29, 1.82) is 0 Å². The van der Waals surface area contributed by atoms with Gasteiger partial charge in [-0.25, -0.2) is 9.59 Å². The minimum atomic E-state index is -1.26. The Kier molecular flexibility index (Phi) is 13.3. The molecule has 0 aliphatic carbocycles. The first-order chi connectivity index (χ1) is 7.97. The van der Waals surface area contributed by atoms with Gasteiger partial charge in [0.15, 0.2) is 0 Å². The molecule has 0 aliphatic heterocycles. The summed E-state index contributed by atoms with van der Waals surface area (Å²) in [4.78, 5) is 19.1. The molecule has 17 heavy (non-hydrogen) atoms. The van der Waals surface area contributed by atoms with E-state index in [-0.39, 0.29) is 25.7 Å². The largest absolute Gasteiger partial charge is 0.478 e. The second-order valence-corrected chi connectivity index (χ2v) is 3.11. The van der Waals surface area contributed by atoms with E-state index in [0.717, 1.165) is 0 Å². The fraction of sp³-hybridized carbons (Fsp3) is 0.600. The molecule has 7 heteroatoms. The van der Waals surface area contributed by atoms with Crippen LogP contribution < -0.4 is 0 Å². The standard InChI is InChI=1S/C6H14O3.C4H4O4/c7-3-1-2-6(4-8)5-9;5-3(6)1-2-4(7)8/h6-9H,1-5H2;1-2H,(H,5,6)(H,7,8). The maximum Gasteiger partial charge on any atom is 0.328 e. The Hall–Kier alpha value is -1.44. The van der Waals surface area contributed by atoms with Gasteiger partial charge >= 0.3 is 11.9 Å². The second kappa shape index (κ2) is 12.6. The Balaban J connectivity index is 0. The summed E-state index contributed by atoms with van der Waals surface area (Å²) < 4.78 is 0. The van der Waals surface area contributed by atoms with Gasteiger partial charge in [-0.15, -0.1) is 0 Å². The van der Waals surface area contributed by atoms with Gasteiger partial charge in [-0.3, -0.25) is 0 Å². The molecule has 0 heterocycles. The van der Waals surface area contributed by atoms with Crippen LogP contribution in [0.3, 0.4) is 0 Å². The molecule has 0 unspecified atom stereocenters. The molecule has 7 nitrogen and oxygen atoms in total. The van der Waals surface area contributed by atoms with E-state index < -0.39 is 11.9 Å². The van der Waals surface area contributed by atoms with Crippen LogP contribution in [-0.2, 0) is 9.59 Å². The molecule has 0 aliphatic rings. The predicted octanol–water partition coefficient (Wildman–Crippen LogP) is -0.928. The molecule has 0 aromatic heterocycles. The minimum absolute atomic E-state index is 0.0104. The molecule has 0 aromatic rings. The van der Waals surface area contributed by atoms with Gasteiger partial charge in [-0.1, -0.05) is 0 Å². The van der Waals surface area contributed by atoms with Gasteiger partial charge in [0.1, 0.15) is 0 Å². The van der Waals surface area contributed by atoms with E-state index in [9.17, 15) is 9.59 Å². The molecule has 0 atom stereocenters. The van der Waals surface area contributed by atoms with Gasteiger partial charge in [-0.2, -0.15) is 0 Å². The smallest absolute Gasteiger partial charge is 0.328 e. The average Bonchev–Trinajstić information content (AvgIpc) is 2.29. The monoisotopic (exact) mass is 250 g/mol. The summed E-state index contributed by atoms with van der Waals surface area (Å²) in [7, 11) is 0. The number of aliphatic carboxylic acids is 2. The summed E-state index contributed by atoms with van der Waals surface area (Å²) in [6, 6.07) is 0. The van der Waals surface area contributed by atoms with Crippen LogP contribution in [-0.4, -0.2) is 57.3 Å². The zero-order valence-corrected chi connectivity index (χ0v) is 9.32. The third-order valence-corrected chi connectivity index (χ3v) is 1.66. The molecule has 0 amide bonds. The van der Waals surface area contributed by atoms with Crippen molar-refractivity contribution < 1.29 is 35.1 Å². The number of carbonyl (C=O) groups is 2. The number of carboxylic acid groups (broad SMARTS) is 2. The summed E-state index contributed by atoms with van der Waals surface area (Å²) >= 11 is 0. The molecule has 0 bridgehead atoms. The summed E-state index contributed by atoms with van der Waals surface area (Å²) in [5.74, 6) is -2.56. The van der Waals surface area contributed by atoms with E-state index in [1.165, 1.54) is 0 Å². The van der Waals surface area contributed by atoms with Crippen LogP contribution in [0.2, 0.25) is 0 Å². The van der Waals surface area contributed by atoms with Crippen molar-refractivity contribution in [1.82, 2.24) is 0 Å². The molecule has 0 rings (SSSR count). The first-order valence-corrected chi connectivity index (χ1v) is 4.94. The Morgan fingerprint density at radius 3 is 1.59 bits per heavy atom. The van der Waals surface area contributed by atoms with E-state index in [4.69, 9.17) is 25.5 Å². The van der Waals surface area contributed by atoms with Crippen molar-refractivity contribution in [3.8, 4) is 0 Å². The maximum absolute atomic E-state index is 9.55. The molecule has 0 aromatic carbocycles. The SMILES string of the molecule is O=C(O)C=CC(=O)O.OCCCC(CO)CO. The van der Waals surface area contributed by atoms with Crippen molar-refractivity contribution in [2.75, 3.05) is 19.8 Å². The Bertz CT molecular complexity index is 217. The average molecular weight is 250 g/mol. The maximum atomic E-state index is 9.55. The van der Waals surface area contributed by atoms with Crippen molar-refractivity contribution in [2.45, 2.75) is 12.8 Å². The Morgan fingerprint density at radius 1 is 0.941 bits per heavy atom. The lowest BCUT2D eigenvalue weighted by atomic mass is 10.1. The molecule has 0 saturated heterocycles. The highest BCUT2D eigenvalue weighted by Crippen LogP contribution is 2.02. The summed E-state index contributed by atoms with van der Waals surface area (Å²) in [5.41, 5.74) is 0. The van der Waals surface area contributed by atoms with E-state index in [0.29, 0.717) is 25.0 Å². The molecular weight excluding hydrogens is 232 g/mol. The molecular formula is C10H18O7. The van der Waals surface area contributed by atoms with E-state index in [1.807, 2.05) is 0 Å². The van der Waals surface area contributed by atoms with E-state index in [2.05, 4.69) is 0 Å². The quantitative estimate of drug-likeness (QED) is 0.368. The Labute approximate surface area is 98.6 Å². The number of hydrogen-bond acceptors (Lipinski definition) is 5. The van der Waals surface area contributed by atoms with Gasteiger partial charge in [-0.05, 0) is 12.8 Å². The highest BCUT2D eigenvalue weighted by Gasteiger charge is 2.03. The van der Waals surface area contributed by atoms with Crippen LogP contribution in [0.15, 0.2) is 12.2 Å². The molecule has 0 saturated carbocycles. The number of aliphatic hydroxyl groups excluding tert-OH is 3. The number of rotatable bonds is 7. The third kappa shape index (κ3) is 17.2. The van der Waals surface area contributed by atoms with Gasteiger partial charge in [0.05, 0.1) is 0 Å². The lowest BCUT2D eigenvalue weighted by molar-refractivity contribution is -0.134. The van der Waals surface area contributed by atoms with Crippen molar-refractivity contribution in [2.24, 2.45) is 5.92 Å². The van der Waals surface area contributed by atoms with E-state index in [1.54, 1.807) is 0 Å². The van der Waals surface area contributed by atoms with Gasteiger partial charge < -0.3 is 25.5 Å². The van der Waals surface area contributed by atoms with Crippen LogP contribution >= 0.6 is 0 Å². The number of carboxylic acids is 2. The van der Waals surface area contributed by atoms with Crippen molar-refractivity contribution in [3.05, 3.63) is 12.2 Å². The summed E-state index contributed by atoms with van der Waals surface area (Å²) in [6.07, 6.45) is 2.47. The van der Waals surface area contributed by atoms with Crippen LogP contribution in [0.4, 0.5) is 0 Å². The van der Waals surface area contributed by atoms with Crippen molar-refractivity contribution in [3.63, 3.8) is 0 Å². The molecule has 100 valence electrons. The predicted molar refractivity (Wildman–Crippen MR) is 58.4 cm³/mol. The topological polar surface area (TPSA) is 135 Å². The second-order valence-electron chi connectivity index (χ2n) is 3.11. The fourth-order valence-electron chi connectivity index (χ4n) is 0.763. The van der Waals surface area contributed by atoms with Crippen LogP contribution in [0.5, 0.6) is 0 Å². The number of hydrogen-bond donors (Lipinski definition) is 5. The summed E-state index contributed by atoms with van der Waals surface area (Å²) in [6.45, 7) is 0.156. The third-order valence-electron chi connectivity index (χ3n) is 1.66. The Morgan fingerprint density at radius 2 is 1.35 bits per heavy atom. The zero-order valence-electron chi connectivity index (χ0n) is 9.32. The highest BCUT2D eigenvalue weighted by molar-refractivity contribution is 5.89. The van der Waals surface area contributed by atoms with Crippen LogP contribution in [0.1, 0.15) is 12.8 Å². The normalized spacial score (nSPS) is 10.1. The lowest BCUT2D eigenvalue weighted by Gasteiger charge is -2.07. The van der Waals surface area contributed by atoms with Crippen molar-refractivity contribution >= 4 is 11.9 Å². The minimum Gasteiger partial charge on any atom is -0.478 e. The van der Waals surface area contributed by atoms with Crippen LogP contribution in [0.25, 0.3) is 0 Å². The van der Waals surface area contributed by atoms with Gasteiger partial charge in [0, 0.05) is 37.9 Å². The van der Waals surface area contributed by atoms with Crippen LogP contribution in [0, 0.1) is 5.92 Å². The molecule has 0 radical (unpaired) electrons. The number of aliphatic hydroxyl groups is 3. The fourth-order valence-corrected chi connectivity index (χ4v) is 0.763. The zero-order chi connectivity index (χ0) is 13.7. The first kappa shape index (κ1) is 17.9. The lowest BCUT2D eigenvalue weighted by Crippen LogP contribution is -2.11. The van der Waals surface area contributed by atoms with E-state index >= 15 is 0 Å². The first-order valence-electron chi connectivity index (χ1n) is 4.94. The van der Waals surface area contributed by atoms with Gasteiger partial charge in [0.25, 0.3) is 0 Å². The molecule has 0 spiro atoms. The molecule has 0 fully saturated rings. The van der Waals surface area contributed by atoms with Gasteiger partial charge in [0.2, 0.25) is 0 Å². The highest BCUT2D eigenvalue weighted by atomic mass is 16.4. The summed E-state index contributed by atoms with van der Waals surface area (Å²) in [5, 5.41) is 41.0. The molecule has 5 N–H and O–H groups in total.